The van der Waals surface area contributed by atoms with Gasteiger partial charge in [0, 0.05) is 12.0 Å². The summed E-state index contributed by atoms with van der Waals surface area (Å²) in [6.45, 7) is 0.343. The molecule has 2 aromatic carbocycles. The first-order valence-corrected chi connectivity index (χ1v) is 10.1. The second-order valence-electron chi connectivity index (χ2n) is 6.80. The van der Waals surface area contributed by atoms with Gasteiger partial charge in [0.25, 0.3) is 11.6 Å². The van der Waals surface area contributed by atoms with Crippen LogP contribution in [-0.2, 0) is 5.41 Å². The molecule has 0 unspecified atom stereocenters. The largest absolute Gasteiger partial charge is 0.495 e. The van der Waals surface area contributed by atoms with Crippen LogP contribution in [0, 0.1) is 15.9 Å². The maximum atomic E-state index is 13.2. The molecule has 0 bridgehead atoms. The van der Waals surface area contributed by atoms with E-state index >= 15 is 0 Å². The summed E-state index contributed by atoms with van der Waals surface area (Å²) in [5, 5.41) is 14.3. The summed E-state index contributed by atoms with van der Waals surface area (Å²) in [5.41, 5.74) is 0.419. The predicted octanol–water partition coefficient (Wildman–Crippen LogP) is 4.32. The molecule has 2 aromatic rings. The molecule has 3 rings (SSSR count). The third kappa shape index (κ3) is 3.82. The van der Waals surface area contributed by atoms with Crippen molar-refractivity contribution < 1.29 is 18.8 Å². The standard InChI is InChI=1S/C20H21FN2O4S/c1-27-17-11-16(23(25)26)15(10-18(17)28-2)19(24)22-12-20(8-3-9-20)13-4-6-14(21)7-5-13/h4-7,10-11H,3,8-9,12H2,1-2H3,(H,22,24). The Labute approximate surface area is 166 Å². The summed E-state index contributed by atoms with van der Waals surface area (Å²) in [6.07, 6.45) is 4.58. The number of methoxy groups -OCH3 is 1. The van der Waals surface area contributed by atoms with Crippen LogP contribution in [0.25, 0.3) is 0 Å². The summed E-state index contributed by atoms with van der Waals surface area (Å²) >= 11 is 1.35. The van der Waals surface area contributed by atoms with Gasteiger partial charge in [-0.25, -0.2) is 4.39 Å². The summed E-state index contributed by atoms with van der Waals surface area (Å²) in [4.78, 5) is 24.3. The van der Waals surface area contributed by atoms with Crippen molar-refractivity contribution in [3.8, 4) is 5.75 Å². The fraction of sp³-hybridized carbons (Fsp3) is 0.350. The van der Waals surface area contributed by atoms with Crippen molar-refractivity contribution in [2.45, 2.75) is 29.6 Å². The van der Waals surface area contributed by atoms with Crippen LogP contribution >= 0.6 is 11.8 Å². The number of nitrogens with zero attached hydrogens (tertiary/aromatic N) is 1. The first-order valence-electron chi connectivity index (χ1n) is 8.85. The molecular formula is C20H21FN2O4S. The number of carbonyl (C=O) groups is 1. The van der Waals surface area contributed by atoms with Crippen molar-refractivity contribution in [3.05, 3.63) is 63.5 Å². The van der Waals surface area contributed by atoms with E-state index in [2.05, 4.69) is 5.32 Å². The van der Waals surface area contributed by atoms with E-state index in [4.69, 9.17) is 4.74 Å². The van der Waals surface area contributed by atoms with Gasteiger partial charge in [0.15, 0.2) is 0 Å². The van der Waals surface area contributed by atoms with Crippen LogP contribution in [0.3, 0.4) is 0 Å². The second-order valence-corrected chi connectivity index (χ2v) is 7.65. The number of benzene rings is 2. The third-order valence-electron chi connectivity index (χ3n) is 5.30. The molecule has 1 amide bonds. The number of nitro benzene ring substituents is 1. The maximum Gasteiger partial charge on any atom is 0.285 e. The lowest BCUT2D eigenvalue weighted by Gasteiger charge is -2.42. The van der Waals surface area contributed by atoms with Gasteiger partial charge in [-0.1, -0.05) is 18.6 Å². The fourth-order valence-corrected chi connectivity index (χ4v) is 4.10. The minimum atomic E-state index is -0.583. The number of hydrogen-bond donors (Lipinski definition) is 1. The Morgan fingerprint density at radius 1 is 1.32 bits per heavy atom. The Morgan fingerprint density at radius 3 is 2.50 bits per heavy atom. The number of nitrogens with one attached hydrogen (secondary N) is 1. The number of ether oxygens (including phenoxy) is 1. The minimum Gasteiger partial charge on any atom is -0.495 e. The maximum absolute atomic E-state index is 13.2. The first kappa shape index (κ1) is 20.1. The van der Waals surface area contributed by atoms with Gasteiger partial charge in [0.05, 0.1) is 23.0 Å². The first-order chi connectivity index (χ1) is 13.4. The lowest BCUT2D eigenvalue weighted by atomic mass is 9.64. The van der Waals surface area contributed by atoms with Gasteiger partial charge in [0.1, 0.15) is 17.1 Å². The molecule has 1 N–H and O–H groups in total. The van der Waals surface area contributed by atoms with Crippen LogP contribution < -0.4 is 10.1 Å². The number of thioether (sulfide) groups is 1. The fourth-order valence-electron chi connectivity index (χ4n) is 3.52. The number of halogens is 1. The van der Waals surface area contributed by atoms with Gasteiger partial charge >= 0.3 is 0 Å². The van der Waals surface area contributed by atoms with Crippen LogP contribution in [0.5, 0.6) is 5.75 Å². The lowest BCUT2D eigenvalue weighted by molar-refractivity contribution is -0.385. The quantitative estimate of drug-likeness (QED) is 0.422. The molecule has 0 aromatic heterocycles. The Kier molecular flexibility index (Phi) is 5.88. The van der Waals surface area contributed by atoms with Crippen LogP contribution in [0.2, 0.25) is 0 Å². The SMILES string of the molecule is COc1cc([N+](=O)[O-])c(C(=O)NCC2(c3ccc(F)cc3)CCC2)cc1SC. The summed E-state index contributed by atoms with van der Waals surface area (Å²) in [6, 6.07) is 9.07. The number of hydrogen-bond acceptors (Lipinski definition) is 5. The van der Waals surface area contributed by atoms with Crippen molar-refractivity contribution in [2.75, 3.05) is 19.9 Å². The molecule has 148 valence electrons. The van der Waals surface area contributed by atoms with E-state index in [-0.39, 0.29) is 22.5 Å². The zero-order valence-corrected chi connectivity index (χ0v) is 16.5. The Hall–Kier alpha value is -2.61. The third-order valence-corrected chi connectivity index (χ3v) is 6.06. The summed E-state index contributed by atoms with van der Waals surface area (Å²) < 4.78 is 18.4. The van der Waals surface area contributed by atoms with Crippen molar-refractivity contribution >= 4 is 23.4 Å². The van der Waals surface area contributed by atoms with E-state index in [1.54, 1.807) is 12.1 Å². The van der Waals surface area contributed by atoms with Crippen LogP contribution in [0.4, 0.5) is 10.1 Å². The molecular weight excluding hydrogens is 383 g/mol. The molecule has 0 heterocycles. The van der Waals surface area contributed by atoms with E-state index in [1.807, 2.05) is 6.26 Å². The van der Waals surface area contributed by atoms with Crippen molar-refractivity contribution in [2.24, 2.45) is 0 Å². The molecule has 1 fully saturated rings. The zero-order chi connectivity index (χ0) is 20.3. The van der Waals surface area contributed by atoms with Crippen LogP contribution in [-0.4, -0.2) is 30.7 Å². The van der Waals surface area contributed by atoms with Gasteiger partial charge in [-0.3, -0.25) is 14.9 Å². The highest BCUT2D eigenvalue weighted by molar-refractivity contribution is 7.98. The lowest BCUT2D eigenvalue weighted by Crippen LogP contribution is -2.45. The molecule has 8 heteroatoms. The normalized spacial score (nSPS) is 14.8. The molecule has 0 aliphatic heterocycles. The Bertz CT molecular complexity index is 898. The second kappa shape index (κ2) is 8.18. The monoisotopic (exact) mass is 404 g/mol. The van der Waals surface area contributed by atoms with E-state index in [9.17, 15) is 19.3 Å². The molecule has 0 spiro atoms. The van der Waals surface area contributed by atoms with Gasteiger partial charge in [-0.05, 0) is 42.9 Å². The highest BCUT2D eigenvalue weighted by Gasteiger charge is 2.39. The molecule has 0 radical (unpaired) electrons. The van der Waals surface area contributed by atoms with E-state index < -0.39 is 10.8 Å². The van der Waals surface area contributed by atoms with Gasteiger partial charge in [0.2, 0.25) is 0 Å². The van der Waals surface area contributed by atoms with Crippen molar-refractivity contribution in [1.82, 2.24) is 5.32 Å². The smallest absolute Gasteiger partial charge is 0.285 e. The van der Waals surface area contributed by atoms with E-state index in [0.717, 1.165) is 24.8 Å². The van der Waals surface area contributed by atoms with Gasteiger partial charge in [-0.2, -0.15) is 0 Å². The highest BCUT2D eigenvalue weighted by atomic mass is 32.2. The topological polar surface area (TPSA) is 81.5 Å². The number of carbonyl (C=O) groups excluding carboxylic acids is 1. The summed E-state index contributed by atoms with van der Waals surface area (Å²) in [5.74, 6) is -0.448. The Morgan fingerprint density at radius 2 is 2.00 bits per heavy atom. The van der Waals surface area contributed by atoms with E-state index in [0.29, 0.717) is 17.2 Å². The average Bonchev–Trinajstić information content (AvgIpc) is 2.66. The average molecular weight is 404 g/mol. The number of amides is 1. The van der Waals surface area contributed by atoms with E-state index in [1.165, 1.54) is 43.1 Å². The zero-order valence-electron chi connectivity index (χ0n) is 15.7. The molecule has 0 saturated heterocycles. The molecule has 1 aliphatic rings. The van der Waals surface area contributed by atoms with Crippen LogP contribution in [0.15, 0.2) is 41.3 Å². The minimum absolute atomic E-state index is 0.00345. The van der Waals surface area contributed by atoms with Crippen molar-refractivity contribution in [3.63, 3.8) is 0 Å². The molecule has 6 nitrogen and oxygen atoms in total. The predicted molar refractivity (Wildman–Crippen MR) is 106 cm³/mol. The molecule has 1 saturated carbocycles. The van der Waals surface area contributed by atoms with Gasteiger partial charge < -0.3 is 10.1 Å². The molecule has 1 aliphatic carbocycles. The number of rotatable bonds is 7. The highest BCUT2D eigenvalue weighted by Crippen LogP contribution is 2.43. The van der Waals surface area contributed by atoms with Gasteiger partial charge in [-0.15, -0.1) is 11.8 Å². The van der Waals surface area contributed by atoms with Crippen LogP contribution in [0.1, 0.15) is 35.2 Å². The summed E-state index contributed by atoms with van der Waals surface area (Å²) in [7, 11) is 1.43. The Balaban J connectivity index is 1.84. The molecule has 28 heavy (non-hydrogen) atoms. The number of nitro groups is 1. The van der Waals surface area contributed by atoms with Crippen molar-refractivity contribution in [1.29, 1.82) is 0 Å². The molecule has 0 atom stereocenters.